The second-order valence-electron chi connectivity index (χ2n) is 6.50. The Bertz CT molecular complexity index is 783. The summed E-state index contributed by atoms with van der Waals surface area (Å²) in [7, 11) is 0. The highest BCUT2D eigenvalue weighted by molar-refractivity contribution is 6.00. The van der Waals surface area contributed by atoms with Crippen molar-refractivity contribution in [3.05, 3.63) is 29.2 Å². The maximum Gasteiger partial charge on any atom is 0.308 e. The van der Waals surface area contributed by atoms with Crippen LogP contribution in [0.2, 0.25) is 0 Å². The zero-order valence-corrected chi connectivity index (χ0v) is 14.0. The molecule has 0 spiro atoms. The summed E-state index contributed by atoms with van der Waals surface area (Å²) in [6.07, 6.45) is 5.61. The van der Waals surface area contributed by atoms with Gasteiger partial charge in [0.05, 0.1) is 12.1 Å². The Morgan fingerprint density at radius 2 is 2.00 bits per heavy atom. The first kappa shape index (κ1) is 16.4. The van der Waals surface area contributed by atoms with Crippen molar-refractivity contribution in [2.24, 2.45) is 5.92 Å². The molecule has 0 unspecified atom stereocenters. The van der Waals surface area contributed by atoms with E-state index in [9.17, 15) is 14.7 Å². The molecule has 2 aromatic rings. The Morgan fingerprint density at radius 3 is 2.75 bits per heavy atom. The van der Waals surface area contributed by atoms with E-state index in [2.05, 4.69) is 15.4 Å². The summed E-state index contributed by atoms with van der Waals surface area (Å²) >= 11 is 0. The summed E-state index contributed by atoms with van der Waals surface area (Å²) in [5.41, 5.74) is 2.60. The average Bonchev–Trinajstić information content (AvgIpc) is 2.79. The van der Waals surface area contributed by atoms with Gasteiger partial charge >= 0.3 is 5.97 Å². The van der Waals surface area contributed by atoms with E-state index in [-0.39, 0.29) is 11.9 Å². The lowest BCUT2D eigenvalue weighted by atomic mass is 9.94. The van der Waals surface area contributed by atoms with Crippen molar-refractivity contribution in [1.29, 1.82) is 0 Å². The van der Waals surface area contributed by atoms with Gasteiger partial charge in [-0.3, -0.25) is 9.59 Å². The zero-order chi connectivity index (χ0) is 17.3. The second-order valence-corrected chi connectivity index (χ2v) is 6.50. The van der Waals surface area contributed by atoms with Crippen molar-refractivity contribution < 1.29 is 14.7 Å². The van der Waals surface area contributed by atoms with Crippen LogP contribution in [0.25, 0.3) is 5.65 Å². The SMILES string of the molecule is Cc1cc(C)n2ncc(C(=O)N[C@H]3CCCCC[C@H]3C(=O)O)c2n1. The van der Waals surface area contributed by atoms with Crippen LogP contribution in [-0.2, 0) is 4.79 Å². The molecule has 2 N–H and O–H groups in total. The van der Waals surface area contributed by atoms with Crippen molar-refractivity contribution in [2.45, 2.75) is 52.0 Å². The number of aromatic nitrogens is 3. The largest absolute Gasteiger partial charge is 0.481 e. The van der Waals surface area contributed by atoms with E-state index in [4.69, 9.17) is 0 Å². The molecule has 7 heteroatoms. The lowest BCUT2D eigenvalue weighted by Crippen LogP contribution is -2.42. The van der Waals surface area contributed by atoms with E-state index in [0.717, 1.165) is 30.7 Å². The molecule has 2 atom stereocenters. The number of nitrogens with one attached hydrogen (secondary N) is 1. The molecule has 0 aliphatic heterocycles. The predicted molar refractivity (Wildman–Crippen MR) is 87.9 cm³/mol. The Hall–Kier alpha value is -2.44. The molecule has 0 bridgehead atoms. The number of nitrogens with zero attached hydrogens (tertiary/aromatic N) is 3. The third-order valence-corrected chi connectivity index (χ3v) is 4.67. The van der Waals surface area contributed by atoms with Crippen LogP contribution in [0.15, 0.2) is 12.3 Å². The number of fused-ring (bicyclic) bond motifs is 1. The van der Waals surface area contributed by atoms with Crippen molar-refractivity contribution in [3.63, 3.8) is 0 Å². The van der Waals surface area contributed by atoms with E-state index in [1.165, 1.54) is 6.20 Å². The topological polar surface area (TPSA) is 96.6 Å². The fourth-order valence-electron chi connectivity index (χ4n) is 3.45. The first-order chi connectivity index (χ1) is 11.5. The molecule has 2 aromatic heterocycles. The van der Waals surface area contributed by atoms with Gasteiger partial charge in [-0.1, -0.05) is 19.3 Å². The number of aryl methyl sites for hydroxylation is 2. The van der Waals surface area contributed by atoms with Crippen molar-refractivity contribution in [3.8, 4) is 0 Å². The molecular weight excluding hydrogens is 308 g/mol. The molecule has 1 saturated carbocycles. The van der Waals surface area contributed by atoms with Gasteiger partial charge < -0.3 is 10.4 Å². The fraction of sp³-hybridized carbons (Fsp3) is 0.529. The average molecular weight is 330 g/mol. The molecule has 0 radical (unpaired) electrons. The predicted octanol–water partition coefficient (Wildman–Crippen LogP) is 2.11. The summed E-state index contributed by atoms with van der Waals surface area (Å²) in [6.45, 7) is 3.77. The number of hydrogen-bond donors (Lipinski definition) is 2. The van der Waals surface area contributed by atoms with Crippen LogP contribution in [-0.4, -0.2) is 37.6 Å². The number of amides is 1. The number of carboxylic acid groups (broad SMARTS) is 1. The van der Waals surface area contributed by atoms with Crippen LogP contribution in [0.1, 0.15) is 53.8 Å². The first-order valence-electron chi connectivity index (χ1n) is 8.33. The molecule has 7 nitrogen and oxygen atoms in total. The molecule has 2 heterocycles. The minimum atomic E-state index is -0.841. The van der Waals surface area contributed by atoms with Gasteiger partial charge in [-0.05, 0) is 32.8 Å². The maximum absolute atomic E-state index is 12.7. The number of rotatable bonds is 3. The standard InChI is InChI=1S/C17H22N4O3/c1-10-8-11(2)21-15(19-10)13(9-18-21)16(22)20-14-7-5-3-4-6-12(14)17(23)24/h8-9,12,14H,3-7H2,1-2H3,(H,20,22)(H,23,24)/t12-,14+/m1/s1. The summed E-state index contributed by atoms with van der Waals surface area (Å²) in [4.78, 5) is 28.6. The first-order valence-corrected chi connectivity index (χ1v) is 8.33. The normalized spacial score (nSPS) is 21.4. The van der Waals surface area contributed by atoms with E-state index < -0.39 is 11.9 Å². The Morgan fingerprint density at radius 1 is 1.25 bits per heavy atom. The second kappa shape index (κ2) is 6.59. The summed E-state index contributed by atoms with van der Waals surface area (Å²) in [5.74, 6) is -1.68. The van der Waals surface area contributed by atoms with Gasteiger partial charge in [-0.2, -0.15) is 5.10 Å². The highest BCUT2D eigenvalue weighted by Gasteiger charge is 2.31. The van der Waals surface area contributed by atoms with Gasteiger partial charge in [0, 0.05) is 17.4 Å². The molecular formula is C17H22N4O3. The number of carboxylic acids is 1. The third-order valence-electron chi connectivity index (χ3n) is 4.67. The summed E-state index contributed by atoms with van der Waals surface area (Å²) in [5, 5.41) is 16.6. The third kappa shape index (κ3) is 3.11. The monoisotopic (exact) mass is 330 g/mol. The number of carbonyl (C=O) groups excluding carboxylic acids is 1. The van der Waals surface area contributed by atoms with Gasteiger partial charge in [0.1, 0.15) is 5.56 Å². The summed E-state index contributed by atoms with van der Waals surface area (Å²) in [6, 6.07) is 1.55. The number of carbonyl (C=O) groups is 2. The Balaban J connectivity index is 1.87. The molecule has 1 aliphatic carbocycles. The molecule has 1 amide bonds. The van der Waals surface area contributed by atoms with Crippen LogP contribution in [0.3, 0.4) is 0 Å². The molecule has 0 aromatic carbocycles. The van der Waals surface area contributed by atoms with Crippen LogP contribution in [0, 0.1) is 19.8 Å². The molecule has 128 valence electrons. The molecule has 1 fully saturated rings. The Kier molecular flexibility index (Phi) is 4.51. The lowest BCUT2D eigenvalue weighted by Gasteiger charge is -2.22. The van der Waals surface area contributed by atoms with Gasteiger partial charge in [-0.15, -0.1) is 0 Å². The minimum Gasteiger partial charge on any atom is -0.481 e. The van der Waals surface area contributed by atoms with Crippen molar-refractivity contribution in [1.82, 2.24) is 19.9 Å². The van der Waals surface area contributed by atoms with E-state index in [1.54, 1.807) is 4.52 Å². The minimum absolute atomic E-state index is 0.305. The highest BCUT2D eigenvalue weighted by Crippen LogP contribution is 2.24. The van der Waals surface area contributed by atoms with Crippen molar-refractivity contribution >= 4 is 17.5 Å². The lowest BCUT2D eigenvalue weighted by molar-refractivity contribution is -0.142. The van der Waals surface area contributed by atoms with E-state index in [1.807, 2.05) is 19.9 Å². The molecule has 3 rings (SSSR count). The van der Waals surface area contributed by atoms with E-state index >= 15 is 0 Å². The number of hydrogen-bond acceptors (Lipinski definition) is 4. The van der Waals surface area contributed by atoms with Gasteiger partial charge in [0.15, 0.2) is 5.65 Å². The van der Waals surface area contributed by atoms with Gasteiger partial charge in [0.2, 0.25) is 0 Å². The molecule has 0 saturated heterocycles. The van der Waals surface area contributed by atoms with Crippen LogP contribution >= 0.6 is 0 Å². The highest BCUT2D eigenvalue weighted by atomic mass is 16.4. The van der Waals surface area contributed by atoms with Gasteiger partial charge in [-0.25, -0.2) is 9.50 Å². The smallest absolute Gasteiger partial charge is 0.308 e. The zero-order valence-electron chi connectivity index (χ0n) is 14.0. The van der Waals surface area contributed by atoms with Gasteiger partial charge in [0.25, 0.3) is 5.91 Å². The molecule has 1 aliphatic rings. The Labute approximate surface area is 140 Å². The maximum atomic E-state index is 12.7. The fourth-order valence-corrected chi connectivity index (χ4v) is 3.45. The quantitative estimate of drug-likeness (QED) is 0.840. The molecule has 24 heavy (non-hydrogen) atoms. The number of aliphatic carboxylic acids is 1. The van der Waals surface area contributed by atoms with Crippen molar-refractivity contribution in [2.75, 3.05) is 0 Å². The van der Waals surface area contributed by atoms with Crippen LogP contribution in [0.4, 0.5) is 0 Å². The van der Waals surface area contributed by atoms with E-state index in [0.29, 0.717) is 24.1 Å². The summed E-state index contributed by atoms with van der Waals surface area (Å²) < 4.78 is 1.63. The van der Waals surface area contributed by atoms with Crippen LogP contribution in [0.5, 0.6) is 0 Å². The van der Waals surface area contributed by atoms with Crippen LogP contribution < -0.4 is 5.32 Å².